The number of carbonyl (C=O) groups excluding carboxylic acids is 1. The van der Waals surface area contributed by atoms with Gasteiger partial charge in [0, 0.05) is 6.42 Å². The number of aryl methyl sites for hydroxylation is 1. The lowest BCUT2D eigenvalue weighted by molar-refractivity contribution is 0.0987. The predicted molar refractivity (Wildman–Crippen MR) is 63.1 cm³/mol. The van der Waals surface area contributed by atoms with E-state index in [4.69, 9.17) is 16.0 Å². The van der Waals surface area contributed by atoms with Crippen LogP contribution in [0.3, 0.4) is 0 Å². The number of amides is 1. The summed E-state index contributed by atoms with van der Waals surface area (Å²) in [5.41, 5.74) is 10.6. The lowest BCUT2D eigenvalue weighted by Gasteiger charge is -2.18. The topological polar surface area (TPSA) is 108 Å². The molecule has 0 bridgehead atoms. The molecular formula is C11H20N4O2. The predicted octanol–water partition coefficient (Wildman–Crippen LogP) is 0.722. The van der Waals surface area contributed by atoms with Gasteiger partial charge in [-0.1, -0.05) is 19.0 Å². The van der Waals surface area contributed by atoms with Crippen LogP contribution in [0, 0.1) is 11.8 Å². The third-order valence-corrected chi connectivity index (χ3v) is 2.90. The van der Waals surface area contributed by atoms with Crippen molar-refractivity contribution in [3.05, 3.63) is 11.7 Å². The molecule has 1 rings (SSSR count). The first-order valence-electron chi connectivity index (χ1n) is 5.87. The highest BCUT2D eigenvalue weighted by Crippen LogP contribution is 2.20. The summed E-state index contributed by atoms with van der Waals surface area (Å²) < 4.78 is 4.94. The minimum atomic E-state index is -0.664. The molecule has 1 atom stereocenters. The average molecular weight is 240 g/mol. The van der Waals surface area contributed by atoms with Crippen LogP contribution in [0.15, 0.2) is 4.52 Å². The van der Waals surface area contributed by atoms with Gasteiger partial charge >= 0.3 is 0 Å². The molecular weight excluding hydrogens is 220 g/mol. The Hall–Kier alpha value is -1.43. The lowest BCUT2D eigenvalue weighted by Crippen LogP contribution is -2.15. The molecule has 0 spiro atoms. The minimum Gasteiger partial charge on any atom is -0.363 e. The Balaban J connectivity index is 2.50. The van der Waals surface area contributed by atoms with E-state index in [1.807, 2.05) is 0 Å². The summed E-state index contributed by atoms with van der Waals surface area (Å²) in [5.74, 6) is 0.838. The molecule has 0 saturated heterocycles. The molecule has 0 fully saturated rings. The van der Waals surface area contributed by atoms with E-state index in [9.17, 15) is 4.79 Å². The smallest absolute Gasteiger partial charge is 0.290 e. The van der Waals surface area contributed by atoms with E-state index in [1.54, 1.807) is 0 Å². The van der Waals surface area contributed by atoms with Gasteiger partial charge in [-0.25, -0.2) is 0 Å². The molecule has 6 nitrogen and oxygen atoms in total. The van der Waals surface area contributed by atoms with Gasteiger partial charge in [-0.05, 0) is 31.2 Å². The highest BCUT2D eigenvalue weighted by molar-refractivity contribution is 5.88. The maximum atomic E-state index is 10.8. The van der Waals surface area contributed by atoms with Crippen molar-refractivity contribution in [1.82, 2.24) is 10.1 Å². The molecule has 0 aromatic carbocycles. The molecule has 1 aromatic rings. The van der Waals surface area contributed by atoms with E-state index in [0.29, 0.717) is 30.7 Å². The van der Waals surface area contributed by atoms with Crippen molar-refractivity contribution in [2.24, 2.45) is 23.3 Å². The molecule has 0 aliphatic rings. The maximum absolute atomic E-state index is 10.8. The molecule has 0 aliphatic heterocycles. The Labute approximate surface area is 101 Å². The third-order valence-electron chi connectivity index (χ3n) is 2.90. The standard InChI is InChI=1S/C11H20N4O2/c1-7(2)8(5-6-12)3-4-9-14-11(10(13)16)15-17-9/h7-8H,3-6,12H2,1-2H3,(H2,13,16). The number of carbonyl (C=O) groups is 1. The van der Waals surface area contributed by atoms with Crippen molar-refractivity contribution in [3.63, 3.8) is 0 Å². The monoisotopic (exact) mass is 240 g/mol. The van der Waals surface area contributed by atoms with Crippen LogP contribution < -0.4 is 11.5 Å². The molecule has 0 aliphatic carbocycles. The number of nitrogens with two attached hydrogens (primary N) is 2. The first kappa shape index (κ1) is 13.6. The summed E-state index contributed by atoms with van der Waals surface area (Å²) in [7, 11) is 0. The van der Waals surface area contributed by atoms with E-state index in [0.717, 1.165) is 12.8 Å². The second-order valence-corrected chi connectivity index (χ2v) is 4.50. The summed E-state index contributed by atoms with van der Waals surface area (Å²) in [6, 6.07) is 0. The summed E-state index contributed by atoms with van der Waals surface area (Å²) in [4.78, 5) is 14.7. The largest absolute Gasteiger partial charge is 0.363 e. The molecule has 1 unspecified atom stereocenters. The van der Waals surface area contributed by atoms with Gasteiger partial charge in [0.05, 0.1) is 0 Å². The molecule has 1 heterocycles. The maximum Gasteiger partial charge on any atom is 0.290 e. The zero-order chi connectivity index (χ0) is 12.8. The van der Waals surface area contributed by atoms with Crippen molar-refractivity contribution in [1.29, 1.82) is 0 Å². The number of primary amides is 1. The average Bonchev–Trinajstić information content (AvgIpc) is 2.72. The number of hydrogen-bond donors (Lipinski definition) is 2. The van der Waals surface area contributed by atoms with E-state index in [1.165, 1.54) is 0 Å². The fraction of sp³-hybridized carbons (Fsp3) is 0.727. The molecule has 1 amide bonds. The summed E-state index contributed by atoms with van der Waals surface area (Å²) in [6.45, 7) is 5.02. The minimum absolute atomic E-state index is 0.0556. The van der Waals surface area contributed by atoms with Gasteiger partial charge < -0.3 is 16.0 Å². The van der Waals surface area contributed by atoms with Gasteiger partial charge in [0.1, 0.15) is 0 Å². The van der Waals surface area contributed by atoms with Gasteiger partial charge in [-0.15, -0.1) is 0 Å². The molecule has 96 valence electrons. The first-order chi connectivity index (χ1) is 8.04. The quantitative estimate of drug-likeness (QED) is 0.730. The molecule has 17 heavy (non-hydrogen) atoms. The highest BCUT2D eigenvalue weighted by atomic mass is 16.5. The Bertz CT molecular complexity index is 362. The van der Waals surface area contributed by atoms with E-state index >= 15 is 0 Å². The highest BCUT2D eigenvalue weighted by Gasteiger charge is 2.16. The molecule has 4 N–H and O–H groups in total. The van der Waals surface area contributed by atoms with Crippen molar-refractivity contribution in [2.45, 2.75) is 33.1 Å². The Morgan fingerprint density at radius 2 is 2.12 bits per heavy atom. The number of nitrogens with zero attached hydrogens (tertiary/aromatic N) is 2. The van der Waals surface area contributed by atoms with Crippen molar-refractivity contribution in [3.8, 4) is 0 Å². The van der Waals surface area contributed by atoms with Gasteiger partial charge in [0.15, 0.2) is 0 Å². The second-order valence-electron chi connectivity index (χ2n) is 4.50. The van der Waals surface area contributed by atoms with Crippen LogP contribution in [-0.4, -0.2) is 22.6 Å². The molecule has 0 saturated carbocycles. The van der Waals surface area contributed by atoms with Crippen LogP contribution in [-0.2, 0) is 6.42 Å². The number of hydrogen-bond acceptors (Lipinski definition) is 5. The lowest BCUT2D eigenvalue weighted by atomic mass is 9.88. The van der Waals surface area contributed by atoms with Gasteiger partial charge in [-0.2, -0.15) is 4.98 Å². The van der Waals surface area contributed by atoms with Crippen LogP contribution in [0.1, 0.15) is 43.2 Å². The van der Waals surface area contributed by atoms with Crippen LogP contribution in [0.25, 0.3) is 0 Å². The fourth-order valence-electron chi connectivity index (χ4n) is 1.79. The van der Waals surface area contributed by atoms with E-state index in [2.05, 4.69) is 24.0 Å². The zero-order valence-electron chi connectivity index (χ0n) is 10.3. The first-order valence-corrected chi connectivity index (χ1v) is 5.87. The zero-order valence-corrected chi connectivity index (χ0v) is 10.3. The number of rotatable bonds is 7. The molecule has 0 radical (unpaired) electrons. The van der Waals surface area contributed by atoms with E-state index in [-0.39, 0.29) is 5.82 Å². The van der Waals surface area contributed by atoms with Gasteiger partial charge in [0.2, 0.25) is 5.89 Å². The Morgan fingerprint density at radius 3 is 2.59 bits per heavy atom. The van der Waals surface area contributed by atoms with Crippen LogP contribution in [0.5, 0.6) is 0 Å². The van der Waals surface area contributed by atoms with Crippen LogP contribution in [0.4, 0.5) is 0 Å². The van der Waals surface area contributed by atoms with E-state index < -0.39 is 5.91 Å². The normalized spacial score (nSPS) is 12.9. The Morgan fingerprint density at radius 1 is 1.41 bits per heavy atom. The molecule has 6 heteroatoms. The van der Waals surface area contributed by atoms with Gasteiger partial charge in [-0.3, -0.25) is 4.79 Å². The second kappa shape index (κ2) is 6.34. The summed E-state index contributed by atoms with van der Waals surface area (Å²) in [5, 5.41) is 3.50. The summed E-state index contributed by atoms with van der Waals surface area (Å²) in [6.07, 6.45) is 2.56. The van der Waals surface area contributed by atoms with Crippen LogP contribution in [0.2, 0.25) is 0 Å². The molecule has 1 aromatic heterocycles. The van der Waals surface area contributed by atoms with Crippen molar-refractivity contribution in [2.75, 3.05) is 6.54 Å². The van der Waals surface area contributed by atoms with Gasteiger partial charge in [0.25, 0.3) is 11.7 Å². The fourth-order valence-corrected chi connectivity index (χ4v) is 1.79. The number of aromatic nitrogens is 2. The van der Waals surface area contributed by atoms with Crippen molar-refractivity contribution < 1.29 is 9.32 Å². The van der Waals surface area contributed by atoms with Crippen molar-refractivity contribution >= 4 is 5.91 Å². The summed E-state index contributed by atoms with van der Waals surface area (Å²) >= 11 is 0. The SMILES string of the molecule is CC(C)C(CCN)CCc1nc(C(N)=O)no1. The Kier molecular flexibility index (Phi) is 5.09. The van der Waals surface area contributed by atoms with Crippen LogP contribution >= 0.6 is 0 Å². The third kappa shape index (κ3) is 4.14.